The van der Waals surface area contributed by atoms with Gasteiger partial charge in [0.15, 0.2) is 11.6 Å². The average Bonchev–Trinajstić information content (AvgIpc) is 2.61. The Balaban J connectivity index is 1.90. The van der Waals surface area contributed by atoms with Crippen LogP contribution in [-0.2, 0) is 6.61 Å². The zero-order chi connectivity index (χ0) is 18.1. The first-order valence-electron chi connectivity index (χ1n) is 8.34. The van der Waals surface area contributed by atoms with Crippen LogP contribution >= 0.6 is 0 Å². The Labute approximate surface area is 146 Å². The van der Waals surface area contributed by atoms with E-state index in [4.69, 9.17) is 4.74 Å². The van der Waals surface area contributed by atoms with Gasteiger partial charge in [0, 0.05) is 6.54 Å². The first kappa shape index (κ1) is 18.6. The number of aromatic nitrogens is 2. The van der Waals surface area contributed by atoms with Crippen LogP contribution in [0.25, 0.3) is 0 Å². The van der Waals surface area contributed by atoms with E-state index >= 15 is 0 Å². The van der Waals surface area contributed by atoms with Crippen LogP contribution in [0.15, 0.2) is 30.5 Å². The molecule has 0 aliphatic carbocycles. The third kappa shape index (κ3) is 6.37. The number of hydrogen-bond acceptors (Lipinski definition) is 4. The van der Waals surface area contributed by atoms with Crippen molar-refractivity contribution in [2.75, 3.05) is 11.9 Å². The Hall–Kier alpha value is -2.70. The van der Waals surface area contributed by atoms with Crippen LogP contribution in [0.4, 0.5) is 15.0 Å². The number of anilines is 1. The smallest absolute Gasteiger partial charge is 0.320 e. The number of amides is 2. The molecule has 6 nitrogen and oxygen atoms in total. The fourth-order valence-corrected chi connectivity index (χ4v) is 2.07. The lowest BCUT2D eigenvalue weighted by Gasteiger charge is -2.09. The third-order valence-corrected chi connectivity index (χ3v) is 3.51. The van der Waals surface area contributed by atoms with Crippen molar-refractivity contribution in [1.29, 1.82) is 0 Å². The summed E-state index contributed by atoms with van der Waals surface area (Å²) in [5.74, 6) is -0.923. The molecule has 0 fully saturated rings. The number of unbranched alkanes of at least 4 members (excludes halogenated alkanes) is 2. The molecule has 0 spiro atoms. The quantitative estimate of drug-likeness (QED) is 0.713. The highest BCUT2D eigenvalue weighted by Gasteiger charge is 2.11. The molecule has 0 atom stereocenters. The van der Waals surface area contributed by atoms with Crippen molar-refractivity contribution in [2.24, 2.45) is 0 Å². The van der Waals surface area contributed by atoms with Gasteiger partial charge in [-0.05, 0) is 18.9 Å². The van der Waals surface area contributed by atoms with Gasteiger partial charge in [-0.15, -0.1) is 0 Å². The normalized spacial score (nSPS) is 10.4. The van der Waals surface area contributed by atoms with Gasteiger partial charge in [-0.3, -0.25) is 5.32 Å². The molecule has 0 unspecified atom stereocenters. The number of rotatable bonds is 8. The van der Waals surface area contributed by atoms with Gasteiger partial charge >= 0.3 is 12.0 Å². The number of halogens is 1. The number of carbonyl (C=O) groups is 1. The van der Waals surface area contributed by atoms with Gasteiger partial charge in [0.25, 0.3) is 0 Å². The number of carbonyl (C=O) groups excluding carboxylic acids is 1. The maximum Gasteiger partial charge on any atom is 0.320 e. The molecular weight excluding hydrogens is 323 g/mol. The monoisotopic (exact) mass is 346 g/mol. The minimum Gasteiger partial charge on any atom is -0.459 e. The molecule has 1 aromatic heterocycles. The first-order valence-corrected chi connectivity index (χ1v) is 8.34. The summed E-state index contributed by atoms with van der Waals surface area (Å²) in [6.07, 6.45) is 3.94. The summed E-state index contributed by atoms with van der Waals surface area (Å²) in [6, 6.07) is 7.31. The summed E-state index contributed by atoms with van der Waals surface area (Å²) in [5, 5.41) is 5.03. The van der Waals surface area contributed by atoms with E-state index in [-0.39, 0.29) is 18.4 Å². The summed E-state index contributed by atoms with van der Waals surface area (Å²) in [5.41, 5.74) is 2.10. The lowest BCUT2D eigenvalue weighted by molar-refractivity contribution is 0.251. The van der Waals surface area contributed by atoms with Crippen LogP contribution in [-0.4, -0.2) is 22.5 Å². The van der Waals surface area contributed by atoms with E-state index in [1.807, 2.05) is 31.2 Å². The van der Waals surface area contributed by atoms with Crippen LogP contribution in [0.5, 0.6) is 6.01 Å². The maximum atomic E-state index is 13.8. The lowest BCUT2D eigenvalue weighted by Crippen LogP contribution is -2.30. The Bertz CT molecular complexity index is 692. The van der Waals surface area contributed by atoms with Crippen LogP contribution < -0.4 is 15.4 Å². The minimum absolute atomic E-state index is 0.00302. The fourth-order valence-electron chi connectivity index (χ4n) is 2.07. The van der Waals surface area contributed by atoms with Gasteiger partial charge in [-0.2, -0.15) is 4.98 Å². The number of aryl methyl sites for hydroxylation is 1. The number of ether oxygens (including phenoxy) is 1. The summed E-state index contributed by atoms with van der Waals surface area (Å²) in [4.78, 5) is 19.5. The van der Waals surface area contributed by atoms with Crippen LogP contribution in [0.1, 0.15) is 37.3 Å². The molecule has 0 radical (unpaired) electrons. The molecule has 0 bridgehead atoms. The van der Waals surface area contributed by atoms with E-state index < -0.39 is 11.8 Å². The van der Waals surface area contributed by atoms with Crippen LogP contribution in [0.3, 0.4) is 0 Å². The maximum absolute atomic E-state index is 13.8. The van der Waals surface area contributed by atoms with E-state index in [0.717, 1.165) is 36.6 Å². The molecule has 2 rings (SSSR count). The summed E-state index contributed by atoms with van der Waals surface area (Å²) >= 11 is 0. The van der Waals surface area contributed by atoms with E-state index in [9.17, 15) is 9.18 Å². The summed E-state index contributed by atoms with van der Waals surface area (Å²) in [7, 11) is 0. The molecule has 0 saturated carbocycles. The molecule has 7 heteroatoms. The van der Waals surface area contributed by atoms with E-state index in [1.54, 1.807) is 0 Å². The van der Waals surface area contributed by atoms with E-state index in [1.165, 1.54) is 0 Å². The third-order valence-electron chi connectivity index (χ3n) is 3.51. The predicted octanol–water partition coefficient (Wildman–Crippen LogP) is 3.81. The number of hydrogen-bond donors (Lipinski definition) is 2. The highest BCUT2D eigenvalue weighted by Crippen LogP contribution is 2.14. The van der Waals surface area contributed by atoms with Crippen molar-refractivity contribution in [1.82, 2.24) is 15.3 Å². The molecule has 0 aliphatic rings. The number of nitrogens with zero attached hydrogens (tertiary/aromatic N) is 2. The highest BCUT2D eigenvalue weighted by atomic mass is 19.1. The number of nitrogens with one attached hydrogen (secondary N) is 2. The van der Waals surface area contributed by atoms with Gasteiger partial charge in [-0.25, -0.2) is 14.2 Å². The van der Waals surface area contributed by atoms with Crippen molar-refractivity contribution in [3.05, 3.63) is 47.4 Å². The van der Waals surface area contributed by atoms with Gasteiger partial charge in [0.1, 0.15) is 6.61 Å². The molecule has 0 saturated heterocycles. The fraction of sp³-hybridized carbons (Fsp3) is 0.389. The Kier molecular flexibility index (Phi) is 7.13. The van der Waals surface area contributed by atoms with Crippen LogP contribution in [0.2, 0.25) is 0 Å². The van der Waals surface area contributed by atoms with Gasteiger partial charge in [-0.1, -0.05) is 49.6 Å². The standard InChI is InChI=1S/C18H23FN4O2/c1-3-4-5-10-20-17(24)22-16-15(19)11-21-18(23-16)25-12-14-8-6-13(2)7-9-14/h6-9,11H,3-5,10,12H2,1-2H3,(H2,20,21,22,23,24). The van der Waals surface area contributed by atoms with Gasteiger partial charge in [0.05, 0.1) is 6.20 Å². The zero-order valence-electron chi connectivity index (χ0n) is 14.5. The second-order valence-electron chi connectivity index (χ2n) is 5.71. The molecule has 1 heterocycles. The molecule has 2 N–H and O–H groups in total. The van der Waals surface area contributed by atoms with Crippen LogP contribution in [0, 0.1) is 12.7 Å². The molecule has 0 aliphatic heterocycles. The second kappa shape index (κ2) is 9.56. The average molecular weight is 346 g/mol. The molecular formula is C18H23FN4O2. The largest absolute Gasteiger partial charge is 0.459 e. The molecule has 2 amide bonds. The Morgan fingerprint density at radius 3 is 2.72 bits per heavy atom. The molecule has 2 aromatic rings. The topological polar surface area (TPSA) is 76.1 Å². The van der Waals surface area contributed by atoms with E-state index in [0.29, 0.717) is 6.54 Å². The SMILES string of the molecule is CCCCCNC(=O)Nc1nc(OCc2ccc(C)cc2)ncc1F. The number of urea groups is 1. The van der Waals surface area contributed by atoms with E-state index in [2.05, 4.69) is 27.5 Å². The second-order valence-corrected chi connectivity index (χ2v) is 5.71. The van der Waals surface area contributed by atoms with Crippen molar-refractivity contribution in [3.8, 4) is 6.01 Å². The molecule has 134 valence electrons. The van der Waals surface area contributed by atoms with Crippen molar-refractivity contribution in [3.63, 3.8) is 0 Å². The van der Waals surface area contributed by atoms with Crippen molar-refractivity contribution in [2.45, 2.75) is 39.7 Å². The summed E-state index contributed by atoms with van der Waals surface area (Å²) in [6.45, 7) is 4.87. The number of benzene rings is 1. The van der Waals surface area contributed by atoms with Crippen molar-refractivity contribution >= 4 is 11.8 Å². The van der Waals surface area contributed by atoms with Crippen molar-refractivity contribution < 1.29 is 13.9 Å². The van der Waals surface area contributed by atoms with Gasteiger partial charge in [0.2, 0.25) is 0 Å². The zero-order valence-corrected chi connectivity index (χ0v) is 14.5. The predicted molar refractivity (Wildman–Crippen MR) is 94.0 cm³/mol. The molecule has 1 aromatic carbocycles. The minimum atomic E-state index is -0.716. The molecule has 25 heavy (non-hydrogen) atoms. The van der Waals surface area contributed by atoms with Gasteiger partial charge < -0.3 is 10.1 Å². The summed E-state index contributed by atoms with van der Waals surface area (Å²) < 4.78 is 19.2. The Morgan fingerprint density at radius 2 is 2.00 bits per heavy atom. The Morgan fingerprint density at radius 1 is 1.24 bits per heavy atom. The first-order chi connectivity index (χ1) is 12.1. The lowest BCUT2D eigenvalue weighted by atomic mass is 10.2. The highest BCUT2D eigenvalue weighted by molar-refractivity contribution is 5.88.